The fourth-order valence-corrected chi connectivity index (χ4v) is 2.54. The fourth-order valence-electron chi connectivity index (χ4n) is 2.54. The number of nitrogens with zero attached hydrogens (tertiary/aromatic N) is 1. The number of benzene rings is 1. The van der Waals surface area contributed by atoms with Gasteiger partial charge in [-0.2, -0.15) is 0 Å². The maximum absolute atomic E-state index is 12.0. The molecule has 0 aromatic heterocycles. The van der Waals surface area contributed by atoms with E-state index in [-0.39, 0.29) is 6.03 Å². The lowest BCUT2D eigenvalue weighted by molar-refractivity contribution is 0.189. The van der Waals surface area contributed by atoms with Crippen LogP contribution in [0.1, 0.15) is 17.9 Å². The smallest absolute Gasteiger partial charge is 0.317 e. The summed E-state index contributed by atoms with van der Waals surface area (Å²) in [6, 6.07) is 10.9. The molecule has 2 N–H and O–H groups in total. The average Bonchev–Trinajstić information content (AvgIpc) is 3.20. The van der Waals surface area contributed by atoms with Gasteiger partial charge in [0.2, 0.25) is 0 Å². The van der Waals surface area contributed by atoms with E-state index < -0.39 is 0 Å². The number of nitrogens with one attached hydrogen (secondary N) is 2. The maximum Gasteiger partial charge on any atom is 0.317 e. The fraction of sp³-hybridized carbons (Fsp3) is 0.500. The molecule has 2 aliphatic rings. The van der Waals surface area contributed by atoms with Crippen LogP contribution in [-0.2, 0) is 0 Å². The first kappa shape index (κ1) is 11.5. The SMILES string of the molecule is O=C(N[C@@H]1C[C@@H]1c1ccccc1)N1CCNCC1. The molecule has 2 fully saturated rings. The van der Waals surface area contributed by atoms with Crippen molar-refractivity contribution in [3.63, 3.8) is 0 Å². The van der Waals surface area contributed by atoms with E-state index in [0.717, 1.165) is 32.6 Å². The summed E-state index contributed by atoms with van der Waals surface area (Å²) in [5, 5.41) is 6.38. The highest BCUT2D eigenvalue weighted by Crippen LogP contribution is 2.40. The number of amides is 2. The summed E-state index contributed by atoms with van der Waals surface area (Å²) in [5.74, 6) is 0.512. The van der Waals surface area contributed by atoms with Crippen LogP contribution in [0.4, 0.5) is 4.79 Å². The van der Waals surface area contributed by atoms with Gasteiger partial charge in [-0.1, -0.05) is 30.3 Å². The number of hydrogen-bond donors (Lipinski definition) is 2. The number of piperazine rings is 1. The molecular formula is C14H19N3O. The topological polar surface area (TPSA) is 44.4 Å². The van der Waals surface area contributed by atoms with E-state index in [9.17, 15) is 4.79 Å². The molecule has 1 saturated carbocycles. The van der Waals surface area contributed by atoms with Crippen molar-refractivity contribution in [2.75, 3.05) is 26.2 Å². The Morgan fingerprint density at radius 1 is 1.22 bits per heavy atom. The van der Waals surface area contributed by atoms with E-state index in [2.05, 4.69) is 34.9 Å². The summed E-state index contributed by atoms with van der Waals surface area (Å²) >= 11 is 0. The third-order valence-electron chi connectivity index (χ3n) is 3.73. The van der Waals surface area contributed by atoms with Crippen molar-refractivity contribution in [1.29, 1.82) is 0 Å². The van der Waals surface area contributed by atoms with Gasteiger partial charge in [-0.15, -0.1) is 0 Å². The van der Waals surface area contributed by atoms with Gasteiger partial charge in [0.25, 0.3) is 0 Å². The Bertz CT molecular complexity index is 414. The quantitative estimate of drug-likeness (QED) is 0.821. The van der Waals surface area contributed by atoms with Crippen molar-refractivity contribution in [2.24, 2.45) is 0 Å². The van der Waals surface area contributed by atoms with E-state index in [1.54, 1.807) is 0 Å². The van der Waals surface area contributed by atoms with E-state index in [1.807, 2.05) is 11.0 Å². The Morgan fingerprint density at radius 3 is 2.67 bits per heavy atom. The summed E-state index contributed by atoms with van der Waals surface area (Å²) < 4.78 is 0. The molecule has 1 aliphatic carbocycles. The monoisotopic (exact) mass is 245 g/mol. The lowest BCUT2D eigenvalue weighted by atomic mass is 10.1. The molecule has 4 heteroatoms. The Kier molecular flexibility index (Phi) is 3.19. The molecular weight excluding hydrogens is 226 g/mol. The van der Waals surface area contributed by atoms with E-state index in [0.29, 0.717) is 12.0 Å². The van der Waals surface area contributed by atoms with Crippen LogP contribution in [0, 0.1) is 0 Å². The van der Waals surface area contributed by atoms with Crippen molar-refractivity contribution < 1.29 is 4.79 Å². The number of rotatable bonds is 2. The molecule has 0 bridgehead atoms. The van der Waals surface area contributed by atoms with Crippen LogP contribution in [0.5, 0.6) is 0 Å². The highest BCUT2D eigenvalue weighted by Gasteiger charge is 2.40. The zero-order valence-corrected chi connectivity index (χ0v) is 10.4. The minimum Gasteiger partial charge on any atom is -0.335 e. The highest BCUT2D eigenvalue weighted by molar-refractivity contribution is 5.75. The predicted octanol–water partition coefficient (Wildman–Crippen LogP) is 1.16. The second-order valence-electron chi connectivity index (χ2n) is 5.05. The summed E-state index contributed by atoms with van der Waals surface area (Å²) in [6.45, 7) is 3.43. The van der Waals surface area contributed by atoms with Crippen molar-refractivity contribution in [3.8, 4) is 0 Å². The van der Waals surface area contributed by atoms with Crippen LogP contribution >= 0.6 is 0 Å². The van der Waals surface area contributed by atoms with Gasteiger partial charge in [0.05, 0.1) is 0 Å². The number of carbonyl (C=O) groups excluding carboxylic acids is 1. The molecule has 0 unspecified atom stereocenters. The average molecular weight is 245 g/mol. The zero-order valence-electron chi connectivity index (χ0n) is 10.4. The largest absolute Gasteiger partial charge is 0.335 e. The number of carbonyl (C=O) groups is 1. The molecule has 1 saturated heterocycles. The lowest BCUT2D eigenvalue weighted by Gasteiger charge is -2.27. The van der Waals surface area contributed by atoms with Crippen molar-refractivity contribution in [2.45, 2.75) is 18.4 Å². The Labute approximate surface area is 107 Å². The van der Waals surface area contributed by atoms with E-state index >= 15 is 0 Å². The third-order valence-corrected chi connectivity index (χ3v) is 3.73. The van der Waals surface area contributed by atoms with E-state index in [4.69, 9.17) is 0 Å². The second kappa shape index (κ2) is 4.98. The molecule has 0 spiro atoms. The van der Waals surface area contributed by atoms with Gasteiger partial charge in [0, 0.05) is 38.1 Å². The van der Waals surface area contributed by atoms with E-state index in [1.165, 1.54) is 5.56 Å². The normalized spacial score (nSPS) is 26.8. The van der Waals surface area contributed by atoms with Crippen LogP contribution in [0.15, 0.2) is 30.3 Å². The van der Waals surface area contributed by atoms with Crippen LogP contribution in [0.2, 0.25) is 0 Å². The second-order valence-corrected chi connectivity index (χ2v) is 5.05. The van der Waals surface area contributed by atoms with Gasteiger partial charge in [0.15, 0.2) is 0 Å². The van der Waals surface area contributed by atoms with Crippen molar-refractivity contribution in [3.05, 3.63) is 35.9 Å². The molecule has 0 radical (unpaired) electrons. The Hall–Kier alpha value is -1.55. The molecule has 2 atom stereocenters. The molecule has 18 heavy (non-hydrogen) atoms. The summed E-state index contributed by atoms with van der Waals surface area (Å²) in [5.41, 5.74) is 1.34. The van der Waals surface area contributed by atoms with Gasteiger partial charge in [0.1, 0.15) is 0 Å². The lowest BCUT2D eigenvalue weighted by Crippen LogP contribution is -2.50. The number of urea groups is 1. The molecule has 2 amide bonds. The van der Waals surface area contributed by atoms with Crippen LogP contribution in [0.25, 0.3) is 0 Å². The minimum atomic E-state index is 0.0972. The van der Waals surface area contributed by atoms with Crippen LogP contribution < -0.4 is 10.6 Å². The first-order valence-corrected chi connectivity index (χ1v) is 6.66. The van der Waals surface area contributed by atoms with Gasteiger partial charge >= 0.3 is 6.03 Å². The standard InChI is InChI=1S/C14H19N3O/c18-14(17-8-6-15-7-9-17)16-13-10-12(13)11-4-2-1-3-5-11/h1-5,12-13,15H,6-10H2,(H,16,18)/t12-,13-/m1/s1. The molecule has 1 aromatic carbocycles. The summed E-state index contributed by atoms with van der Waals surface area (Å²) in [4.78, 5) is 13.9. The van der Waals surface area contributed by atoms with Gasteiger partial charge in [-0.25, -0.2) is 4.79 Å². The maximum atomic E-state index is 12.0. The van der Waals surface area contributed by atoms with Crippen LogP contribution in [-0.4, -0.2) is 43.2 Å². The van der Waals surface area contributed by atoms with Gasteiger partial charge < -0.3 is 15.5 Å². The minimum absolute atomic E-state index is 0.0972. The van der Waals surface area contributed by atoms with Gasteiger partial charge in [-0.3, -0.25) is 0 Å². The summed E-state index contributed by atoms with van der Waals surface area (Å²) in [6.07, 6.45) is 1.07. The van der Waals surface area contributed by atoms with Gasteiger partial charge in [-0.05, 0) is 12.0 Å². The zero-order chi connectivity index (χ0) is 12.4. The first-order chi connectivity index (χ1) is 8.84. The molecule has 1 heterocycles. The highest BCUT2D eigenvalue weighted by atomic mass is 16.2. The summed E-state index contributed by atoms with van der Waals surface area (Å²) in [7, 11) is 0. The first-order valence-electron chi connectivity index (χ1n) is 6.66. The molecule has 1 aliphatic heterocycles. The predicted molar refractivity (Wildman–Crippen MR) is 70.6 cm³/mol. The Morgan fingerprint density at radius 2 is 1.94 bits per heavy atom. The molecule has 96 valence electrons. The van der Waals surface area contributed by atoms with Crippen LogP contribution in [0.3, 0.4) is 0 Å². The molecule has 1 aromatic rings. The Balaban J connectivity index is 1.51. The third kappa shape index (κ3) is 2.48. The van der Waals surface area contributed by atoms with Crippen molar-refractivity contribution in [1.82, 2.24) is 15.5 Å². The molecule has 3 rings (SSSR count). The van der Waals surface area contributed by atoms with Crippen molar-refractivity contribution >= 4 is 6.03 Å². The molecule has 4 nitrogen and oxygen atoms in total. The number of hydrogen-bond acceptors (Lipinski definition) is 2.